The Balaban J connectivity index is 1.79. The van der Waals surface area contributed by atoms with Crippen LogP contribution in [0.3, 0.4) is 0 Å². The van der Waals surface area contributed by atoms with Crippen LogP contribution in [0.25, 0.3) is 11.3 Å². The van der Waals surface area contributed by atoms with Crippen LogP contribution in [-0.2, 0) is 4.74 Å². The van der Waals surface area contributed by atoms with Crippen molar-refractivity contribution in [2.24, 2.45) is 0 Å². The van der Waals surface area contributed by atoms with Gasteiger partial charge in [0.05, 0.1) is 0 Å². The van der Waals surface area contributed by atoms with Gasteiger partial charge in [-0.3, -0.25) is 5.32 Å². The Bertz CT molecular complexity index is 987. The first kappa shape index (κ1) is 19.1. The van der Waals surface area contributed by atoms with Gasteiger partial charge in [-0.1, -0.05) is 39.3 Å². The van der Waals surface area contributed by atoms with Crippen molar-refractivity contribution in [2.45, 2.75) is 26.9 Å². The molecule has 1 aromatic heterocycles. The molecule has 2 aromatic carbocycles. The lowest BCUT2D eigenvalue weighted by molar-refractivity contribution is 0.119. The van der Waals surface area contributed by atoms with Gasteiger partial charge in [-0.2, -0.15) is 0 Å². The van der Waals surface area contributed by atoms with Crippen molar-refractivity contribution in [3.8, 4) is 11.3 Å². The number of hydrogen-bond acceptors (Lipinski definition) is 4. The largest absolute Gasteiger partial charge is 0.441 e. The van der Waals surface area contributed by atoms with Gasteiger partial charge in [0.15, 0.2) is 5.76 Å². The van der Waals surface area contributed by atoms with Crippen LogP contribution in [0.2, 0.25) is 0 Å². The fraction of sp³-hybridized carbons (Fsp3) is 0.200. The molecule has 1 heterocycles. The Morgan fingerprint density at radius 1 is 1.26 bits per heavy atom. The molecule has 0 spiro atoms. The Hall–Kier alpha value is -2.67. The predicted octanol–water partition coefficient (Wildman–Crippen LogP) is 6.17. The van der Waals surface area contributed by atoms with Crippen molar-refractivity contribution in [2.75, 3.05) is 5.32 Å². The van der Waals surface area contributed by atoms with Gasteiger partial charge in [-0.25, -0.2) is 9.18 Å². The Kier molecular flexibility index (Phi) is 5.60. The van der Waals surface area contributed by atoms with Crippen molar-refractivity contribution >= 4 is 27.7 Å². The number of ether oxygens (including phenoxy) is 1. The van der Waals surface area contributed by atoms with E-state index in [9.17, 15) is 9.18 Å². The van der Waals surface area contributed by atoms with Gasteiger partial charge in [0.25, 0.3) is 0 Å². The molecule has 7 heteroatoms. The first-order valence-corrected chi connectivity index (χ1v) is 9.11. The average Bonchev–Trinajstić information content (AvgIpc) is 2.98. The van der Waals surface area contributed by atoms with Gasteiger partial charge >= 0.3 is 6.09 Å². The lowest BCUT2D eigenvalue weighted by Gasteiger charge is -2.15. The summed E-state index contributed by atoms with van der Waals surface area (Å²) >= 11 is 3.45. The molecule has 0 radical (unpaired) electrons. The lowest BCUT2D eigenvalue weighted by Crippen LogP contribution is -2.17. The van der Waals surface area contributed by atoms with Crippen molar-refractivity contribution < 1.29 is 18.4 Å². The molecule has 0 bridgehead atoms. The summed E-state index contributed by atoms with van der Waals surface area (Å²) in [5.41, 5.74) is 3.03. The van der Waals surface area contributed by atoms with Crippen molar-refractivity contribution in [3.63, 3.8) is 0 Å². The van der Waals surface area contributed by atoms with Crippen LogP contribution in [0.5, 0.6) is 0 Å². The van der Waals surface area contributed by atoms with Gasteiger partial charge < -0.3 is 9.26 Å². The number of halogens is 2. The predicted molar refractivity (Wildman–Crippen MR) is 104 cm³/mol. The van der Waals surface area contributed by atoms with Crippen LogP contribution in [0, 0.1) is 19.7 Å². The fourth-order valence-electron chi connectivity index (χ4n) is 2.66. The maximum atomic E-state index is 13.8. The van der Waals surface area contributed by atoms with Gasteiger partial charge in [0.2, 0.25) is 0 Å². The Labute approximate surface area is 164 Å². The summed E-state index contributed by atoms with van der Waals surface area (Å²) in [4.78, 5) is 12.3. The van der Waals surface area contributed by atoms with Gasteiger partial charge in [-0.15, -0.1) is 0 Å². The highest BCUT2D eigenvalue weighted by molar-refractivity contribution is 9.10. The van der Waals surface area contributed by atoms with Crippen LogP contribution in [0.1, 0.15) is 29.8 Å². The minimum Gasteiger partial charge on any atom is -0.441 e. The van der Waals surface area contributed by atoms with E-state index in [1.54, 1.807) is 32.0 Å². The number of hydrogen-bond donors (Lipinski definition) is 1. The number of rotatable bonds is 4. The molecule has 1 N–H and O–H groups in total. The summed E-state index contributed by atoms with van der Waals surface area (Å²) in [5.74, 6) is 0.00331. The normalized spacial score (nSPS) is 11.9. The first-order valence-electron chi connectivity index (χ1n) is 8.31. The van der Waals surface area contributed by atoms with E-state index in [0.717, 1.165) is 15.6 Å². The topological polar surface area (TPSA) is 64.4 Å². The standard InChI is InChI=1S/C20H18BrFN2O3/c1-11-10-14(8-9-16(11)21)19-18(12(2)24-27-19)23-20(25)26-13(3)15-6-4-5-7-17(15)22/h4-10,13H,1-3H3,(H,23,25). The summed E-state index contributed by atoms with van der Waals surface area (Å²) in [5, 5.41) is 6.59. The van der Waals surface area contributed by atoms with Crippen LogP contribution in [0.4, 0.5) is 14.9 Å². The minimum atomic E-state index is -0.746. The Morgan fingerprint density at radius 3 is 2.70 bits per heavy atom. The minimum absolute atomic E-state index is 0.304. The fourth-order valence-corrected chi connectivity index (χ4v) is 2.91. The number of nitrogens with one attached hydrogen (secondary N) is 1. The van der Waals surface area contributed by atoms with Crippen LogP contribution >= 0.6 is 15.9 Å². The van der Waals surface area contributed by atoms with Crippen molar-refractivity contribution in [1.29, 1.82) is 0 Å². The van der Waals surface area contributed by atoms with Gasteiger partial charge in [0.1, 0.15) is 23.3 Å². The van der Waals surface area contributed by atoms with E-state index >= 15 is 0 Å². The van der Waals surface area contributed by atoms with E-state index < -0.39 is 18.0 Å². The number of aryl methyl sites for hydroxylation is 2. The highest BCUT2D eigenvalue weighted by Crippen LogP contribution is 2.33. The average molecular weight is 433 g/mol. The van der Waals surface area contributed by atoms with Crippen LogP contribution in [0.15, 0.2) is 51.5 Å². The van der Waals surface area contributed by atoms with Crippen molar-refractivity contribution in [3.05, 3.63) is 69.6 Å². The molecule has 27 heavy (non-hydrogen) atoms. The molecule has 1 unspecified atom stereocenters. The molecule has 1 amide bonds. The van der Waals surface area contributed by atoms with Crippen LogP contribution < -0.4 is 5.32 Å². The molecule has 0 aliphatic rings. The number of aromatic nitrogens is 1. The number of benzene rings is 2. The molecule has 140 valence electrons. The van der Waals surface area contributed by atoms with E-state index in [1.165, 1.54) is 6.07 Å². The summed E-state index contributed by atoms with van der Waals surface area (Å²) < 4.78 is 25.5. The zero-order valence-corrected chi connectivity index (χ0v) is 16.6. The molecule has 0 aliphatic heterocycles. The highest BCUT2D eigenvalue weighted by atomic mass is 79.9. The molecule has 3 rings (SSSR count). The van der Waals surface area contributed by atoms with E-state index in [1.807, 2.05) is 25.1 Å². The number of carbonyl (C=O) groups is 1. The quantitative estimate of drug-likeness (QED) is 0.535. The number of anilines is 1. The number of nitrogens with zero attached hydrogens (tertiary/aromatic N) is 1. The van der Waals surface area contributed by atoms with E-state index in [-0.39, 0.29) is 0 Å². The number of amides is 1. The second-order valence-corrected chi connectivity index (χ2v) is 6.98. The number of carbonyl (C=O) groups excluding carboxylic acids is 1. The highest BCUT2D eigenvalue weighted by Gasteiger charge is 2.21. The molecule has 0 fully saturated rings. The zero-order valence-electron chi connectivity index (χ0n) is 15.0. The first-order chi connectivity index (χ1) is 12.9. The third-order valence-corrected chi connectivity index (χ3v) is 5.03. The second kappa shape index (κ2) is 7.92. The van der Waals surface area contributed by atoms with Gasteiger partial charge in [-0.05, 0) is 50.6 Å². The zero-order chi connectivity index (χ0) is 19.6. The molecule has 3 aromatic rings. The van der Waals surface area contributed by atoms with E-state index in [2.05, 4.69) is 26.4 Å². The molecular formula is C20H18BrFN2O3. The molecule has 1 atom stereocenters. The molecule has 5 nitrogen and oxygen atoms in total. The molecule has 0 saturated carbocycles. The summed E-state index contributed by atoms with van der Waals surface area (Å²) in [6.45, 7) is 5.28. The summed E-state index contributed by atoms with van der Waals surface area (Å²) in [6.07, 6.45) is -1.46. The smallest absolute Gasteiger partial charge is 0.412 e. The summed E-state index contributed by atoms with van der Waals surface area (Å²) in [6, 6.07) is 11.8. The van der Waals surface area contributed by atoms with E-state index in [0.29, 0.717) is 22.7 Å². The molecule has 0 saturated heterocycles. The van der Waals surface area contributed by atoms with Crippen molar-refractivity contribution in [1.82, 2.24) is 5.16 Å². The summed E-state index contributed by atoms with van der Waals surface area (Å²) in [7, 11) is 0. The maximum Gasteiger partial charge on any atom is 0.412 e. The van der Waals surface area contributed by atoms with Gasteiger partial charge in [0, 0.05) is 15.6 Å². The lowest BCUT2D eigenvalue weighted by atomic mass is 10.1. The SMILES string of the molecule is Cc1cc(-c2onc(C)c2NC(=O)OC(C)c2ccccc2F)ccc1Br. The molecule has 0 aliphatic carbocycles. The van der Waals surface area contributed by atoms with E-state index in [4.69, 9.17) is 9.26 Å². The molecular weight excluding hydrogens is 415 g/mol. The third-order valence-electron chi connectivity index (χ3n) is 4.14. The monoisotopic (exact) mass is 432 g/mol. The second-order valence-electron chi connectivity index (χ2n) is 6.13. The third kappa shape index (κ3) is 4.19. The Morgan fingerprint density at radius 2 is 2.00 bits per heavy atom. The van der Waals surface area contributed by atoms with Crippen LogP contribution in [-0.4, -0.2) is 11.2 Å². The maximum absolute atomic E-state index is 13.8.